The summed E-state index contributed by atoms with van der Waals surface area (Å²) >= 11 is 0. The lowest BCUT2D eigenvalue weighted by molar-refractivity contribution is -0.135. The molecule has 11 nitrogen and oxygen atoms in total. The predicted octanol–water partition coefficient (Wildman–Crippen LogP) is 0.559. The van der Waals surface area contributed by atoms with Crippen LogP contribution in [0.15, 0.2) is 0 Å². The van der Waals surface area contributed by atoms with Gasteiger partial charge in [0.25, 0.3) is 0 Å². The Bertz CT molecular complexity index is 812. The fourth-order valence-electron chi connectivity index (χ4n) is 3.88. The fourth-order valence-corrected chi connectivity index (χ4v) is 3.88. The molecule has 0 radical (unpaired) electrons. The Morgan fingerprint density at radius 3 is 1.94 bits per heavy atom. The monoisotopic (exact) mass is 510 g/mol. The van der Waals surface area contributed by atoms with Crippen molar-refractivity contribution in [2.24, 2.45) is 35.1 Å². The molecule has 204 valence electrons. The molecule has 36 heavy (non-hydrogen) atoms. The van der Waals surface area contributed by atoms with Crippen molar-refractivity contribution in [3.05, 3.63) is 0 Å². The molecule has 11 heteroatoms. The van der Waals surface area contributed by atoms with Crippen molar-refractivity contribution in [2.45, 2.75) is 91.6 Å². The summed E-state index contributed by atoms with van der Waals surface area (Å²) in [6.07, 6.45) is 0.636. The number of amides is 4. The second-order valence-corrected chi connectivity index (χ2v) is 9.66. The third-order valence-corrected chi connectivity index (χ3v) is 6.35. The fraction of sp³-hybridized carbons (Fsp3) is 0.720. The van der Waals surface area contributed by atoms with Crippen molar-refractivity contribution < 1.29 is 33.6 Å². The third-order valence-electron chi connectivity index (χ3n) is 6.35. The molecular weight excluding hydrogens is 468 g/mol. The number of hydrogen-bond donors (Lipinski definition) is 4. The van der Waals surface area contributed by atoms with E-state index in [1.807, 2.05) is 6.92 Å². The van der Waals surface area contributed by atoms with Crippen molar-refractivity contribution in [3.8, 4) is 0 Å². The Balaban J connectivity index is 5.80. The van der Waals surface area contributed by atoms with Gasteiger partial charge in [-0.3, -0.25) is 28.8 Å². The first kappa shape index (κ1) is 32.9. The molecule has 0 spiro atoms. The molecule has 0 saturated carbocycles. The van der Waals surface area contributed by atoms with E-state index in [4.69, 9.17) is 11.5 Å². The van der Waals surface area contributed by atoms with Gasteiger partial charge in [-0.1, -0.05) is 34.1 Å². The minimum Gasteiger partial charge on any atom is -0.370 e. The first-order chi connectivity index (χ1) is 16.7. The summed E-state index contributed by atoms with van der Waals surface area (Å²) in [6.45, 7) is 8.43. The van der Waals surface area contributed by atoms with Gasteiger partial charge in [0.15, 0.2) is 11.6 Å². The number of hydrogen-bond acceptors (Lipinski definition) is 7. The molecule has 0 rings (SSSR count). The second kappa shape index (κ2) is 16.5. The Morgan fingerprint density at radius 1 is 0.889 bits per heavy atom. The van der Waals surface area contributed by atoms with Crippen molar-refractivity contribution in [1.29, 1.82) is 0 Å². The smallest absolute Gasteiger partial charge is 0.224 e. The van der Waals surface area contributed by atoms with E-state index in [0.29, 0.717) is 12.7 Å². The quantitative estimate of drug-likeness (QED) is 0.182. The molecule has 0 aliphatic heterocycles. The Labute approximate surface area is 212 Å². The summed E-state index contributed by atoms with van der Waals surface area (Å²) < 4.78 is 0. The molecule has 0 aromatic carbocycles. The van der Waals surface area contributed by atoms with Crippen LogP contribution in [0.3, 0.4) is 0 Å². The normalized spacial score (nSPS) is 15.2. The highest BCUT2D eigenvalue weighted by molar-refractivity contribution is 5.95. The van der Waals surface area contributed by atoms with Crippen LogP contribution in [-0.2, 0) is 33.6 Å². The maximum atomic E-state index is 13.2. The van der Waals surface area contributed by atoms with Gasteiger partial charge in [0.2, 0.25) is 23.6 Å². The zero-order valence-corrected chi connectivity index (χ0v) is 22.0. The lowest BCUT2D eigenvalue weighted by Crippen LogP contribution is -2.49. The molecule has 0 heterocycles. The van der Waals surface area contributed by atoms with Crippen molar-refractivity contribution in [2.75, 3.05) is 0 Å². The summed E-state index contributed by atoms with van der Waals surface area (Å²) in [6, 6.07) is -1.89. The van der Waals surface area contributed by atoms with Gasteiger partial charge in [0, 0.05) is 44.4 Å². The summed E-state index contributed by atoms with van der Waals surface area (Å²) in [7, 11) is 0. The zero-order valence-electron chi connectivity index (χ0n) is 22.0. The summed E-state index contributed by atoms with van der Waals surface area (Å²) in [5, 5.41) is 5.20. The minimum atomic E-state index is -0.992. The zero-order chi connectivity index (χ0) is 28.0. The molecule has 0 aromatic rings. The van der Waals surface area contributed by atoms with E-state index in [2.05, 4.69) is 10.6 Å². The molecule has 5 atom stereocenters. The van der Waals surface area contributed by atoms with E-state index in [1.165, 1.54) is 6.92 Å². The van der Waals surface area contributed by atoms with Gasteiger partial charge in [-0.05, 0) is 24.7 Å². The van der Waals surface area contributed by atoms with Gasteiger partial charge in [0.1, 0.15) is 6.29 Å². The lowest BCUT2D eigenvalue weighted by atomic mass is 9.84. The van der Waals surface area contributed by atoms with E-state index in [-0.39, 0.29) is 56.1 Å². The van der Waals surface area contributed by atoms with E-state index < -0.39 is 53.3 Å². The Kier molecular flexibility index (Phi) is 15.1. The maximum Gasteiger partial charge on any atom is 0.224 e. The van der Waals surface area contributed by atoms with Crippen LogP contribution in [0.1, 0.15) is 79.6 Å². The lowest BCUT2D eigenvalue weighted by Gasteiger charge is -2.28. The summed E-state index contributed by atoms with van der Waals surface area (Å²) in [5.74, 6) is -5.28. The van der Waals surface area contributed by atoms with Crippen molar-refractivity contribution >= 4 is 41.5 Å². The second-order valence-electron chi connectivity index (χ2n) is 9.66. The van der Waals surface area contributed by atoms with Gasteiger partial charge in [-0.15, -0.1) is 0 Å². The number of nitrogens with one attached hydrogen (secondary N) is 2. The highest BCUT2D eigenvalue weighted by atomic mass is 16.2. The molecule has 1 unspecified atom stereocenters. The van der Waals surface area contributed by atoms with Gasteiger partial charge in [-0.25, -0.2) is 0 Å². The average molecular weight is 511 g/mol. The van der Waals surface area contributed by atoms with E-state index in [9.17, 15) is 33.6 Å². The third kappa shape index (κ3) is 12.0. The molecule has 0 aliphatic rings. The van der Waals surface area contributed by atoms with Gasteiger partial charge in [0.05, 0.1) is 12.1 Å². The number of Topliss-reactive ketones (excluding diaryl/α,β-unsaturated/α-hetero) is 2. The van der Waals surface area contributed by atoms with E-state index in [1.54, 1.807) is 20.8 Å². The van der Waals surface area contributed by atoms with Crippen LogP contribution in [0.2, 0.25) is 0 Å². The van der Waals surface area contributed by atoms with Crippen LogP contribution < -0.4 is 22.1 Å². The molecular formula is C25H42N4O7. The first-order valence-electron chi connectivity index (χ1n) is 12.4. The van der Waals surface area contributed by atoms with Crippen LogP contribution >= 0.6 is 0 Å². The maximum absolute atomic E-state index is 13.2. The number of ketones is 2. The van der Waals surface area contributed by atoms with E-state index >= 15 is 0 Å². The predicted molar refractivity (Wildman–Crippen MR) is 133 cm³/mol. The molecule has 0 bridgehead atoms. The van der Waals surface area contributed by atoms with Gasteiger partial charge in [-0.2, -0.15) is 0 Å². The van der Waals surface area contributed by atoms with Crippen molar-refractivity contribution in [1.82, 2.24) is 10.6 Å². The number of carbonyl (C=O) groups is 7. The molecule has 0 saturated heterocycles. The van der Waals surface area contributed by atoms with Crippen LogP contribution in [0.5, 0.6) is 0 Å². The minimum absolute atomic E-state index is 0.0370. The van der Waals surface area contributed by atoms with Crippen LogP contribution in [0.4, 0.5) is 0 Å². The highest BCUT2D eigenvalue weighted by Gasteiger charge is 2.34. The van der Waals surface area contributed by atoms with Crippen molar-refractivity contribution in [3.63, 3.8) is 0 Å². The number of aldehydes is 1. The molecule has 4 amide bonds. The van der Waals surface area contributed by atoms with Gasteiger partial charge < -0.3 is 26.9 Å². The largest absolute Gasteiger partial charge is 0.370 e. The summed E-state index contributed by atoms with van der Waals surface area (Å²) in [4.78, 5) is 84.7. The van der Waals surface area contributed by atoms with Crippen LogP contribution in [0.25, 0.3) is 0 Å². The number of nitrogens with two attached hydrogens (primary N) is 2. The molecule has 0 aromatic heterocycles. The van der Waals surface area contributed by atoms with Crippen LogP contribution in [0, 0.1) is 23.7 Å². The SMILES string of the molecule is CCC(C)[C@H](NC(=O)[C@H](CCC(N)=O)CC(=O)[C@H](CCC=O)NC(C)=O)C(=O)C[C@H](C(N)=O)C(C)C. The molecule has 6 N–H and O–H groups in total. The molecule has 0 aliphatic carbocycles. The van der Waals surface area contributed by atoms with Crippen LogP contribution in [-0.4, -0.2) is 53.6 Å². The molecule has 0 fully saturated rings. The highest BCUT2D eigenvalue weighted by Crippen LogP contribution is 2.21. The number of rotatable bonds is 19. The Morgan fingerprint density at radius 2 is 1.50 bits per heavy atom. The van der Waals surface area contributed by atoms with E-state index in [0.717, 1.165) is 0 Å². The summed E-state index contributed by atoms with van der Waals surface area (Å²) in [5.41, 5.74) is 10.7. The number of primary amides is 2. The standard InChI is InChI=1S/C25H42N4O7/c1-6-15(4)23(21(33)13-18(14(2)3)24(27)35)29-25(36)17(9-10-22(26)34)12-20(32)19(8-7-11-30)28-16(5)31/h11,14-15,17-19,23H,6-10,12-13H2,1-5H3,(H2,26,34)(H2,27,35)(H,28,31)(H,29,36)/t15?,17-,18+,19+,23+/m1/s1. The average Bonchev–Trinajstić information content (AvgIpc) is 2.79. The van der Waals surface area contributed by atoms with Gasteiger partial charge >= 0.3 is 0 Å². The first-order valence-corrected chi connectivity index (χ1v) is 12.4. The Hall–Kier alpha value is -3.11. The number of carbonyl (C=O) groups excluding carboxylic acids is 7. The topological polar surface area (TPSA) is 196 Å².